The molecule has 1 atom stereocenters. The Kier molecular flexibility index (Phi) is 5.06. The topological polar surface area (TPSA) is 58.4 Å². The van der Waals surface area contributed by atoms with Crippen molar-refractivity contribution in [1.82, 2.24) is 19.0 Å². The van der Waals surface area contributed by atoms with Crippen molar-refractivity contribution >= 4 is 10.0 Å². The van der Waals surface area contributed by atoms with Crippen LogP contribution in [0.5, 0.6) is 0 Å². The Balaban J connectivity index is 2.15. The first kappa shape index (κ1) is 16.5. The Bertz CT molecular complexity index is 580. The molecule has 0 amide bonds. The molecule has 21 heavy (non-hydrogen) atoms. The van der Waals surface area contributed by atoms with Crippen molar-refractivity contribution in [1.29, 1.82) is 0 Å². The second kappa shape index (κ2) is 6.46. The van der Waals surface area contributed by atoms with E-state index < -0.39 is 10.0 Å². The second-order valence-corrected chi connectivity index (χ2v) is 8.28. The number of aryl methyl sites for hydroxylation is 1. The minimum absolute atomic E-state index is 0.174. The van der Waals surface area contributed by atoms with Gasteiger partial charge in [0.2, 0.25) is 10.0 Å². The number of hydrogen-bond donors (Lipinski definition) is 0. The summed E-state index contributed by atoms with van der Waals surface area (Å²) >= 11 is 0. The fraction of sp³-hybridized carbons (Fsp3) is 0.786. The maximum atomic E-state index is 12.0. The Morgan fingerprint density at radius 2 is 2.14 bits per heavy atom. The largest absolute Gasteiger partial charge is 0.304 e. The van der Waals surface area contributed by atoms with Crippen molar-refractivity contribution in [3.05, 3.63) is 17.5 Å². The summed E-state index contributed by atoms with van der Waals surface area (Å²) in [4.78, 5) is 2.11. The molecule has 1 saturated heterocycles. The van der Waals surface area contributed by atoms with Crippen molar-refractivity contribution in [3.63, 3.8) is 0 Å². The molecule has 120 valence electrons. The first-order valence-electron chi connectivity index (χ1n) is 7.49. The lowest BCUT2D eigenvalue weighted by Crippen LogP contribution is -2.40. The third kappa shape index (κ3) is 3.84. The summed E-state index contributed by atoms with van der Waals surface area (Å²) in [6.45, 7) is 3.75. The van der Waals surface area contributed by atoms with E-state index in [9.17, 15) is 8.42 Å². The molecule has 1 fully saturated rings. The van der Waals surface area contributed by atoms with Gasteiger partial charge in [0.1, 0.15) is 0 Å². The number of aromatic nitrogens is 2. The summed E-state index contributed by atoms with van der Waals surface area (Å²) in [6.07, 6.45) is 1.91. The van der Waals surface area contributed by atoms with Crippen LogP contribution in [0, 0.1) is 0 Å². The van der Waals surface area contributed by atoms with Gasteiger partial charge in [0.15, 0.2) is 0 Å². The van der Waals surface area contributed by atoms with Gasteiger partial charge in [-0.2, -0.15) is 5.10 Å². The lowest BCUT2D eigenvalue weighted by Gasteiger charge is -2.30. The number of rotatable bonds is 5. The summed E-state index contributed by atoms with van der Waals surface area (Å²) in [5.41, 5.74) is 2.18. The average Bonchev–Trinajstić information content (AvgIpc) is 2.80. The van der Waals surface area contributed by atoms with Gasteiger partial charge >= 0.3 is 0 Å². The van der Waals surface area contributed by atoms with Crippen LogP contribution in [0.1, 0.15) is 37.1 Å². The molecule has 0 aliphatic carbocycles. The lowest BCUT2D eigenvalue weighted by molar-refractivity contribution is 0.312. The van der Waals surface area contributed by atoms with E-state index >= 15 is 0 Å². The molecule has 1 aromatic rings. The molecule has 2 heterocycles. The second-order valence-electron chi connectivity index (χ2n) is 6.02. The molecule has 0 radical (unpaired) electrons. The molecule has 0 bridgehead atoms. The quantitative estimate of drug-likeness (QED) is 0.814. The van der Waals surface area contributed by atoms with Crippen LogP contribution in [0.3, 0.4) is 0 Å². The predicted molar refractivity (Wildman–Crippen MR) is 83.6 cm³/mol. The highest BCUT2D eigenvalue weighted by Crippen LogP contribution is 2.28. The first-order chi connectivity index (χ1) is 9.83. The van der Waals surface area contributed by atoms with Gasteiger partial charge in [0, 0.05) is 32.6 Å². The SMILES string of the molecule is CCS(=O)(=O)N1CCC[C@H](c2cc(CN(C)C)n(C)n2)C1. The molecule has 0 unspecified atom stereocenters. The van der Waals surface area contributed by atoms with E-state index in [1.807, 2.05) is 25.8 Å². The summed E-state index contributed by atoms with van der Waals surface area (Å²) in [5.74, 6) is 0.385. The van der Waals surface area contributed by atoms with Gasteiger partial charge in [0.25, 0.3) is 0 Å². The highest BCUT2D eigenvalue weighted by atomic mass is 32.2. The maximum Gasteiger partial charge on any atom is 0.213 e. The van der Waals surface area contributed by atoms with Crippen LogP contribution in [-0.2, 0) is 23.6 Å². The highest BCUT2D eigenvalue weighted by Gasteiger charge is 2.29. The van der Waals surface area contributed by atoms with Crippen LogP contribution in [0.25, 0.3) is 0 Å². The lowest BCUT2D eigenvalue weighted by atomic mass is 9.96. The van der Waals surface area contributed by atoms with E-state index in [0.717, 1.165) is 30.8 Å². The van der Waals surface area contributed by atoms with Crippen molar-refractivity contribution < 1.29 is 8.42 Å². The average molecular weight is 314 g/mol. The summed E-state index contributed by atoms with van der Waals surface area (Å²) < 4.78 is 27.6. The van der Waals surface area contributed by atoms with Gasteiger partial charge < -0.3 is 4.90 Å². The number of sulfonamides is 1. The van der Waals surface area contributed by atoms with E-state index in [2.05, 4.69) is 16.1 Å². The van der Waals surface area contributed by atoms with Crippen LogP contribution in [0.4, 0.5) is 0 Å². The fourth-order valence-corrected chi connectivity index (χ4v) is 4.00. The molecule has 7 heteroatoms. The minimum atomic E-state index is -3.09. The van der Waals surface area contributed by atoms with Crippen molar-refractivity contribution in [2.24, 2.45) is 7.05 Å². The van der Waals surface area contributed by atoms with Gasteiger partial charge in [-0.25, -0.2) is 12.7 Å². The van der Waals surface area contributed by atoms with Crippen molar-refractivity contribution in [2.75, 3.05) is 32.9 Å². The highest BCUT2D eigenvalue weighted by molar-refractivity contribution is 7.89. The van der Waals surface area contributed by atoms with Crippen molar-refractivity contribution in [2.45, 2.75) is 32.2 Å². The van der Waals surface area contributed by atoms with Crippen LogP contribution in [0.2, 0.25) is 0 Å². The molecular weight excluding hydrogens is 288 g/mol. The zero-order chi connectivity index (χ0) is 15.6. The van der Waals surface area contributed by atoms with Gasteiger partial charge in [-0.1, -0.05) is 0 Å². The van der Waals surface area contributed by atoms with E-state index in [0.29, 0.717) is 13.1 Å². The number of hydrogen-bond acceptors (Lipinski definition) is 4. The van der Waals surface area contributed by atoms with Crippen LogP contribution in [0.15, 0.2) is 6.07 Å². The molecule has 0 saturated carbocycles. The molecule has 1 aliphatic heterocycles. The zero-order valence-corrected chi connectivity index (χ0v) is 14.2. The third-order valence-corrected chi connectivity index (χ3v) is 5.88. The molecule has 1 aliphatic rings. The zero-order valence-electron chi connectivity index (χ0n) is 13.4. The molecule has 0 N–H and O–H groups in total. The maximum absolute atomic E-state index is 12.0. The summed E-state index contributed by atoms with van der Waals surface area (Å²) in [5, 5.41) is 4.60. The molecule has 1 aromatic heterocycles. The molecule has 0 spiro atoms. The summed E-state index contributed by atoms with van der Waals surface area (Å²) in [6, 6.07) is 2.12. The Hall–Kier alpha value is -0.920. The standard InChI is InChI=1S/C14H26N4O2S/c1-5-21(19,20)18-8-6-7-12(10-18)14-9-13(11-16(2)3)17(4)15-14/h9,12H,5-8,10-11H2,1-4H3/t12-/m0/s1. The van der Waals surface area contributed by atoms with Crippen LogP contribution < -0.4 is 0 Å². The van der Waals surface area contributed by atoms with E-state index in [1.165, 1.54) is 0 Å². The van der Waals surface area contributed by atoms with Crippen molar-refractivity contribution in [3.8, 4) is 0 Å². The van der Waals surface area contributed by atoms with E-state index in [-0.39, 0.29) is 11.7 Å². The van der Waals surface area contributed by atoms with Crippen LogP contribution in [-0.4, -0.2) is 60.3 Å². The Morgan fingerprint density at radius 1 is 1.43 bits per heavy atom. The smallest absolute Gasteiger partial charge is 0.213 e. The number of piperidine rings is 1. The normalized spacial score (nSPS) is 21.1. The number of nitrogens with zero attached hydrogens (tertiary/aromatic N) is 4. The Labute approximate surface area is 127 Å². The van der Waals surface area contributed by atoms with Gasteiger partial charge in [-0.15, -0.1) is 0 Å². The first-order valence-corrected chi connectivity index (χ1v) is 9.09. The Morgan fingerprint density at radius 3 is 2.76 bits per heavy atom. The monoisotopic (exact) mass is 314 g/mol. The fourth-order valence-electron chi connectivity index (χ4n) is 2.82. The van der Waals surface area contributed by atoms with Gasteiger partial charge in [-0.3, -0.25) is 4.68 Å². The van der Waals surface area contributed by atoms with Crippen LogP contribution >= 0.6 is 0 Å². The summed E-state index contributed by atoms with van der Waals surface area (Å²) in [7, 11) is 2.92. The van der Waals surface area contributed by atoms with Gasteiger partial charge in [0.05, 0.1) is 17.1 Å². The predicted octanol–water partition coefficient (Wildman–Crippen LogP) is 1.01. The third-order valence-electron chi connectivity index (χ3n) is 4.03. The molecule has 6 nitrogen and oxygen atoms in total. The van der Waals surface area contributed by atoms with E-state index in [4.69, 9.17) is 0 Å². The molecular formula is C14H26N4O2S. The van der Waals surface area contributed by atoms with Gasteiger partial charge in [-0.05, 0) is 39.9 Å². The molecule has 2 rings (SSSR count). The van der Waals surface area contributed by atoms with E-state index in [1.54, 1.807) is 11.2 Å². The molecule has 0 aromatic carbocycles. The minimum Gasteiger partial charge on any atom is -0.304 e.